The Morgan fingerprint density at radius 3 is 2.11 bits per heavy atom. The highest BCUT2D eigenvalue weighted by atomic mass is 16.6. The molecular formula is C33H26N2O9. The largest absolute Gasteiger partial charge is 0.497 e. The number of carbonyl (C=O) groups is 2. The molecule has 44 heavy (non-hydrogen) atoms. The number of ether oxygens (including phenoxy) is 4. The number of esters is 1. The van der Waals surface area contributed by atoms with Crippen molar-refractivity contribution < 1.29 is 37.4 Å². The van der Waals surface area contributed by atoms with Gasteiger partial charge in [-0.3, -0.25) is 10.1 Å². The maximum absolute atomic E-state index is 12.8. The van der Waals surface area contributed by atoms with Crippen molar-refractivity contribution >= 4 is 28.7 Å². The number of rotatable bonds is 10. The maximum Gasteiger partial charge on any atom is 0.344 e. The fraction of sp³-hybridized carbons (Fsp3) is 0.152. The van der Waals surface area contributed by atoms with E-state index in [2.05, 4.69) is 11.4 Å². The average molecular weight is 595 g/mol. The highest BCUT2D eigenvalue weighted by molar-refractivity contribution is 5.97. The second kappa shape index (κ2) is 12.9. The molecule has 1 amide bonds. The molecule has 1 N–H and O–H groups in total. The third-order valence-corrected chi connectivity index (χ3v) is 6.65. The van der Waals surface area contributed by atoms with Crippen molar-refractivity contribution in [1.29, 1.82) is 5.26 Å². The van der Waals surface area contributed by atoms with Crippen LogP contribution in [0.5, 0.6) is 17.2 Å². The van der Waals surface area contributed by atoms with Crippen molar-refractivity contribution in [3.05, 3.63) is 94.3 Å². The number of methoxy groups -OCH3 is 2. The number of nitriles is 1. The van der Waals surface area contributed by atoms with Gasteiger partial charge >= 0.3 is 11.6 Å². The van der Waals surface area contributed by atoms with Crippen LogP contribution in [0.25, 0.3) is 33.4 Å². The number of anilines is 1. The van der Waals surface area contributed by atoms with Crippen LogP contribution in [-0.4, -0.2) is 39.3 Å². The van der Waals surface area contributed by atoms with Gasteiger partial charge in [-0.25, -0.2) is 9.59 Å². The Bertz CT molecular complexity index is 1930. The fourth-order valence-electron chi connectivity index (χ4n) is 4.49. The van der Waals surface area contributed by atoms with Crippen molar-refractivity contribution in [3.8, 4) is 45.8 Å². The van der Waals surface area contributed by atoms with Gasteiger partial charge in [0.1, 0.15) is 40.2 Å². The molecular weight excluding hydrogens is 568 g/mol. The predicted octanol–water partition coefficient (Wildman–Crippen LogP) is 5.48. The Kier molecular flexibility index (Phi) is 8.62. The Morgan fingerprint density at radius 2 is 1.48 bits per heavy atom. The summed E-state index contributed by atoms with van der Waals surface area (Å²) in [5.41, 5.74) is 2.40. The van der Waals surface area contributed by atoms with Crippen LogP contribution in [0.3, 0.4) is 0 Å². The molecule has 0 aliphatic heterocycles. The van der Waals surface area contributed by atoms with Crippen LogP contribution >= 0.6 is 0 Å². The minimum Gasteiger partial charge on any atom is -0.497 e. The highest BCUT2D eigenvalue weighted by Gasteiger charge is 2.25. The number of fused-ring (bicyclic) bond motifs is 1. The summed E-state index contributed by atoms with van der Waals surface area (Å²) in [6.45, 7) is 0.627. The topological polar surface area (TPSA) is 150 Å². The number of nitrogens with zero attached hydrogens (tertiary/aromatic N) is 1. The van der Waals surface area contributed by atoms with Crippen LogP contribution in [0, 0.1) is 18.3 Å². The summed E-state index contributed by atoms with van der Waals surface area (Å²) in [6.07, 6.45) is 0. The van der Waals surface area contributed by atoms with E-state index >= 15 is 0 Å². The van der Waals surface area contributed by atoms with Crippen LogP contribution in [0.1, 0.15) is 11.1 Å². The number of aryl methyl sites for hydroxylation is 1. The van der Waals surface area contributed by atoms with Gasteiger partial charge in [0.2, 0.25) is 5.88 Å². The van der Waals surface area contributed by atoms with Crippen LogP contribution in [0.4, 0.5) is 5.88 Å². The Morgan fingerprint density at radius 1 is 0.841 bits per heavy atom. The van der Waals surface area contributed by atoms with Gasteiger partial charge in [-0.15, -0.1) is 0 Å². The Balaban J connectivity index is 1.29. The van der Waals surface area contributed by atoms with Crippen LogP contribution in [0.15, 0.2) is 86.4 Å². The zero-order valence-electron chi connectivity index (χ0n) is 24.0. The van der Waals surface area contributed by atoms with Gasteiger partial charge < -0.3 is 27.8 Å². The van der Waals surface area contributed by atoms with Crippen molar-refractivity contribution in [2.24, 2.45) is 0 Å². The van der Waals surface area contributed by atoms with Gasteiger partial charge in [-0.05, 0) is 66.6 Å². The normalized spacial score (nSPS) is 10.6. The van der Waals surface area contributed by atoms with E-state index < -0.39 is 30.7 Å². The molecule has 0 spiro atoms. The molecule has 0 atom stereocenters. The molecule has 0 radical (unpaired) electrons. The zero-order valence-corrected chi connectivity index (χ0v) is 24.0. The Hall–Kier alpha value is -6.02. The first-order chi connectivity index (χ1) is 21.3. The number of carbonyl (C=O) groups excluding carboxylic acids is 2. The molecule has 2 heterocycles. The monoisotopic (exact) mass is 594 g/mol. The second-order valence-corrected chi connectivity index (χ2v) is 9.48. The van der Waals surface area contributed by atoms with Gasteiger partial charge in [0.15, 0.2) is 13.2 Å². The maximum atomic E-state index is 12.8. The van der Waals surface area contributed by atoms with E-state index in [9.17, 15) is 19.6 Å². The summed E-state index contributed by atoms with van der Waals surface area (Å²) in [4.78, 5) is 36.7. The Labute approximate surface area is 251 Å². The van der Waals surface area contributed by atoms with Gasteiger partial charge in [0.25, 0.3) is 5.91 Å². The summed E-state index contributed by atoms with van der Waals surface area (Å²) < 4.78 is 32.2. The molecule has 5 aromatic rings. The third-order valence-electron chi connectivity index (χ3n) is 6.65. The lowest BCUT2D eigenvalue weighted by molar-refractivity contribution is -0.149. The number of amides is 1. The predicted molar refractivity (Wildman–Crippen MR) is 160 cm³/mol. The first-order valence-corrected chi connectivity index (χ1v) is 13.3. The van der Waals surface area contributed by atoms with Gasteiger partial charge in [-0.2, -0.15) is 5.26 Å². The third kappa shape index (κ3) is 6.39. The standard InChI is InChI=1S/C33H26N2O9/c1-19-14-29(37)43-27-15-24(12-13-25(19)27)41-18-30(38)42-17-28(36)35-33-26(16-34)31(20-4-8-22(39-2)9-5-20)32(44-33)21-6-10-23(40-3)11-7-21/h4-15H,17-18H2,1-3H3,(H,35,36). The number of nitrogens with one attached hydrogen (secondary N) is 1. The van der Waals surface area contributed by atoms with E-state index in [-0.39, 0.29) is 17.2 Å². The summed E-state index contributed by atoms with van der Waals surface area (Å²) in [5.74, 6) is 0.236. The van der Waals surface area contributed by atoms with Crippen LogP contribution in [0.2, 0.25) is 0 Å². The molecule has 11 heteroatoms. The SMILES string of the molecule is COc1ccc(-c2oc(NC(=O)COC(=O)COc3ccc4c(C)cc(=O)oc4c3)c(C#N)c2-c2ccc(OC)cc2)cc1. The lowest BCUT2D eigenvalue weighted by Crippen LogP contribution is -2.23. The molecule has 0 fully saturated rings. The van der Waals surface area contributed by atoms with E-state index in [1.165, 1.54) is 12.1 Å². The zero-order chi connectivity index (χ0) is 31.2. The molecule has 5 rings (SSSR count). The molecule has 3 aromatic carbocycles. The van der Waals surface area contributed by atoms with E-state index in [1.54, 1.807) is 81.8 Å². The minimum atomic E-state index is -0.816. The molecule has 222 valence electrons. The smallest absolute Gasteiger partial charge is 0.344 e. The number of benzene rings is 3. The molecule has 0 bridgehead atoms. The van der Waals surface area contributed by atoms with E-state index in [0.717, 1.165) is 10.9 Å². The number of hydrogen-bond acceptors (Lipinski definition) is 10. The first-order valence-electron chi connectivity index (χ1n) is 13.3. The molecule has 0 saturated carbocycles. The molecule has 2 aromatic heterocycles. The van der Waals surface area contributed by atoms with Gasteiger partial charge in [0.05, 0.1) is 14.2 Å². The molecule has 0 saturated heterocycles. The van der Waals surface area contributed by atoms with E-state index in [0.29, 0.717) is 39.5 Å². The van der Waals surface area contributed by atoms with Gasteiger partial charge in [0, 0.05) is 28.6 Å². The average Bonchev–Trinajstić information content (AvgIpc) is 3.40. The van der Waals surface area contributed by atoms with Crippen LogP contribution in [-0.2, 0) is 14.3 Å². The summed E-state index contributed by atoms with van der Waals surface area (Å²) in [7, 11) is 3.10. The summed E-state index contributed by atoms with van der Waals surface area (Å²) in [5, 5.41) is 13.3. The van der Waals surface area contributed by atoms with Crippen molar-refractivity contribution in [2.45, 2.75) is 6.92 Å². The van der Waals surface area contributed by atoms with Crippen LogP contribution < -0.4 is 25.2 Å². The molecule has 0 unspecified atom stereocenters. The lowest BCUT2D eigenvalue weighted by Gasteiger charge is -2.08. The number of furan rings is 1. The van der Waals surface area contributed by atoms with Crippen molar-refractivity contribution in [3.63, 3.8) is 0 Å². The number of hydrogen-bond donors (Lipinski definition) is 1. The van der Waals surface area contributed by atoms with Gasteiger partial charge in [-0.1, -0.05) is 12.1 Å². The molecule has 0 aliphatic carbocycles. The van der Waals surface area contributed by atoms with Crippen molar-refractivity contribution in [2.75, 3.05) is 32.8 Å². The quantitative estimate of drug-likeness (QED) is 0.163. The summed E-state index contributed by atoms with van der Waals surface area (Å²) >= 11 is 0. The minimum absolute atomic E-state index is 0.0854. The van der Waals surface area contributed by atoms with E-state index in [4.69, 9.17) is 27.8 Å². The molecule has 11 nitrogen and oxygen atoms in total. The first kappa shape index (κ1) is 29.5. The molecule has 0 aliphatic rings. The van der Waals surface area contributed by atoms with E-state index in [1.807, 2.05) is 0 Å². The second-order valence-electron chi connectivity index (χ2n) is 9.48. The van der Waals surface area contributed by atoms with Crippen molar-refractivity contribution in [1.82, 2.24) is 0 Å². The fourth-order valence-corrected chi connectivity index (χ4v) is 4.49. The lowest BCUT2D eigenvalue weighted by atomic mass is 9.98. The summed E-state index contributed by atoms with van der Waals surface area (Å²) in [6, 6.07) is 22.4. The highest BCUT2D eigenvalue weighted by Crippen LogP contribution is 2.42.